The van der Waals surface area contributed by atoms with Gasteiger partial charge in [0.15, 0.2) is 16.4 Å². The lowest BCUT2D eigenvalue weighted by Gasteiger charge is -2.29. The molecule has 10 nitrogen and oxygen atoms in total. The van der Waals surface area contributed by atoms with Crippen LogP contribution in [0, 0.1) is 10.1 Å². The molecule has 0 spiro atoms. The minimum atomic E-state index is -4.14. The van der Waals surface area contributed by atoms with Crippen LogP contribution in [0.25, 0.3) is 0 Å². The first kappa shape index (κ1) is 21.6. The number of nitrogens with one attached hydrogen (secondary N) is 2. The standard InChI is InChI=1S/C15H21N3O7S.ClH/c1-23-10-15(3-2-4-16-15)9-17-26(21,22)14-8-13-12(24-5-6-25-13)7-11(14)18(19)20;/h7-8,16-17H,2-6,9-10H2,1H3;1H. The van der Waals surface area contributed by atoms with Gasteiger partial charge in [-0.3, -0.25) is 10.1 Å². The van der Waals surface area contributed by atoms with Crippen LogP contribution in [0.3, 0.4) is 0 Å². The van der Waals surface area contributed by atoms with E-state index in [2.05, 4.69) is 10.0 Å². The van der Waals surface area contributed by atoms with Gasteiger partial charge in [0, 0.05) is 19.7 Å². The van der Waals surface area contributed by atoms with Crippen LogP contribution < -0.4 is 19.5 Å². The van der Waals surface area contributed by atoms with Crippen molar-refractivity contribution in [2.24, 2.45) is 0 Å². The number of nitro groups is 1. The Morgan fingerprint density at radius 1 is 1.33 bits per heavy atom. The molecule has 152 valence electrons. The number of halogens is 1. The topological polar surface area (TPSA) is 129 Å². The molecule has 0 bridgehead atoms. The van der Waals surface area contributed by atoms with Crippen LogP contribution in [-0.4, -0.2) is 58.9 Å². The van der Waals surface area contributed by atoms with E-state index in [4.69, 9.17) is 14.2 Å². The molecule has 0 saturated carbocycles. The van der Waals surface area contributed by atoms with E-state index in [1.54, 1.807) is 7.11 Å². The summed E-state index contributed by atoms with van der Waals surface area (Å²) >= 11 is 0. The maximum Gasteiger partial charge on any atom is 0.293 e. The van der Waals surface area contributed by atoms with E-state index >= 15 is 0 Å². The molecule has 1 atom stereocenters. The summed E-state index contributed by atoms with van der Waals surface area (Å²) in [5.74, 6) is 0.336. The van der Waals surface area contributed by atoms with Gasteiger partial charge in [0.05, 0.1) is 23.1 Å². The molecule has 1 fully saturated rings. The lowest BCUT2D eigenvalue weighted by Crippen LogP contribution is -2.52. The molecular weight excluding hydrogens is 402 g/mol. The number of hydrogen-bond donors (Lipinski definition) is 2. The maximum absolute atomic E-state index is 12.8. The number of nitro benzene ring substituents is 1. The van der Waals surface area contributed by atoms with Crippen LogP contribution in [0.15, 0.2) is 17.0 Å². The van der Waals surface area contributed by atoms with Crippen LogP contribution in [0.4, 0.5) is 5.69 Å². The average Bonchev–Trinajstić information content (AvgIpc) is 3.08. The fraction of sp³-hybridized carbons (Fsp3) is 0.600. The molecule has 12 heteroatoms. The molecular formula is C15H22ClN3O7S. The summed E-state index contributed by atoms with van der Waals surface area (Å²) in [7, 11) is -2.59. The molecule has 0 radical (unpaired) electrons. The number of fused-ring (bicyclic) bond motifs is 1. The number of hydrogen-bond acceptors (Lipinski definition) is 8. The van der Waals surface area contributed by atoms with Gasteiger partial charge in [0.2, 0.25) is 10.0 Å². The van der Waals surface area contributed by atoms with Crippen LogP contribution in [0.2, 0.25) is 0 Å². The summed E-state index contributed by atoms with van der Waals surface area (Å²) in [6, 6.07) is 2.22. The predicted octanol–water partition coefficient (Wildman–Crippen LogP) is 0.835. The number of benzene rings is 1. The Bertz CT molecular complexity index is 797. The second-order valence-electron chi connectivity index (χ2n) is 6.29. The van der Waals surface area contributed by atoms with Crippen molar-refractivity contribution < 1.29 is 27.6 Å². The van der Waals surface area contributed by atoms with E-state index in [0.717, 1.165) is 31.5 Å². The first-order valence-corrected chi connectivity index (χ1v) is 9.67. The number of nitrogens with zero attached hydrogens (tertiary/aromatic N) is 1. The minimum Gasteiger partial charge on any atom is -0.486 e. The highest BCUT2D eigenvalue weighted by Crippen LogP contribution is 2.38. The van der Waals surface area contributed by atoms with Crippen molar-refractivity contribution in [1.82, 2.24) is 10.0 Å². The highest BCUT2D eigenvalue weighted by atomic mass is 35.5. The van der Waals surface area contributed by atoms with Crippen molar-refractivity contribution in [1.29, 1.82) is 0 Å². The first-order valence-electron chi connectivity index (χ1n) is 8.19. The lowest BCUT2D eigenvalue weighted by atomic mass is 9.99. The summed E-state index contributed by atoms with van der Waals surface area (Å²) < 4.78 is 43.9. The Morgan fingerprint density at radius 3 is 2.56 bits per heavy atom. The quantitative estimate of drug-likeness (QED) is 0.487. The molecule has 0 aliphatic carbocycles. The zero-order chi connectivity index (χ0) is 18.8. The third-order valence-corrected chi connectivity index (χ3v) is 5.89. The molecule has 3 rings (SSSR count). The maximum atomic E-state index is 12.8. The predicted molar refractivity (Wildman–Crippen MR) is 98.4 cm³/mol. The van der Waals surface area contributed by atoms with Gasteiger partial charge >= 0.3 is 0 Å². The van der Waals surface area contributed by atoms with Crippen LogP contribution in [0.5, 0.6) is 11.5 Å². The summed E-state index contributed by atoms with van der Waals surface area (Å²) in [5.41, 5.74) is -1.08. The van der Waals surface area contributed by atoms with E-state index in [0.29, 0.717) is 6.61 Å². The molecule has 1 aromatic carbocycles. The monoisotopic (exact) mass is 423 g/mol. The molecule has 27 heavy (non-hydrogen) atoms. The number of sulfonamides is 1. The highest BCUT2D eigenvalue weighted by molar-refractivity contribution is 7.89. The van der Waals surface area contributed by atoms with Gasteiger partial charge in [-0.2, -0.15) is 0 Å². The molecule has 1 aromatic rings. The molecule has 2 heterocycles. The smallest absolute Gasteiger partial charge is 0.293 e. The van der Waals surface area contributed by atoms with Gasteiger partial charge in [-0.05, 0) is 19.4 Å². The Morgan fingerprint density at radius 2 is 2.00 bits per heavy atom. The van der Waals surface area contributed by atoms with Gasteiger partial charge < -0.3 is 19.5 Å². The average molecular weight is 424 g/mol. The SMILES string of the molecule is COCC1(CNS(=O)(=O)c2cc3c(cc2[N+](=O)[O-])OCCO3)CCCN1.Cl. The molecule has 1 saturated heterocycles. The van der Waals surface area contributed by atoms with Crippen molar-refractivity contribution in [3.63, 3.8) is 0 Å². The fourth-order valence-corrected chi connectivity index (χ4v) is 4.49. The van der Waals surface area contributed by atoms with Gasteiger partial charge in [-0.25, -0.2) is 13.1 Å². The van der Waals surface area contributed by atoms with Gasteiger partial charge in [-0.15, -0.1) is 12.4 Å². The van der Waals surface area contributed by atoms with Crippen molar-refractivity contribution in [3.8, 4) is 11.5 Å². The summed E-state index contributed by atoms with van der Waals surface area (Å²) in [6.45, 7) is 1.65. The van der Waals surface area contributed by atoms with Crippen molar-refractivity contribution in [2.75, 3.05) is 40.0 Å². The van der Waals surface area contributed by atoms with E-state index in [1.165, 1.54) is 0 Å². The second kappa shape index (κ2) is 8.57. The highest BCUT2D eigenvalue weighted by Gasteiger charge is 2.37. The third-order valence-electron chi connectivity index (χ3n) is 4.46. The Labute approximate surface area is 163 Å². The van der Waals surface area contributed by atoms with E-state index in [9.17, 15) is 18.5 Å². The summed E-state index contributed by atoms with van der Waals surface area (Å²) in [5, 5.41) is 14.6. The van der Waals surface area contributed by atoms with Crippen LogP contribution in [0.1, 0.15) is 12.8 Å². The normalized spacial score (nSPS) is 21.5. The van der Waals surface area contributed by atoms with Gasteiger partial charge in [0.1, 0.15) is 13.2 Å². The van der Waals surface area contributed by atoms with Crippen molar-refractivity contribution in [2.45, 2.75) is 23.3 Å². The van der Waals surface area contributed by atoms with Crippen molar-refractivity contribution in [3.05, 3.63) is 22.2 Å². The third kappa shape index (κ3) is 4.61. The molecule has 2 aliphatic rings. The zero-order valence-corrected chi connectivity index (χ0v) is 16.4. The Balaban J connectivity index is 0.00000261. The molecule has 1 unspecified atom stereocenters. The van der Waals surface area contributed by atoms with Crippen LogP contribution in [-0.2, 0) is 14.8 Å². The number of methoxy groups -OCH3 is 1. The van der Waals surface area contributed by atoms with Gasteiger partial charge in [0.25, 0.3) is 5.69 Å². The largest absolute Gasteiger partial charge is 0.486 e. The van der Waals surface area contributed by atoms with Crippen LogP contribution >= 0.6 is 12.4 Å². The molecule has 2 N–H and O–H groups in total. The molecule has 2 aliphatic heterocycles. The van der Waals surface area contributed by atoms with Crippen molar-refractivity contribution >= 4 is 28.1 Å². The molecule has 0 amide bonds. The second-order valence-corrected chi connectivity index (χ2v) is 8.02. The summed E-state index contributed by atoms with van der Waals surface area (Å²) in [4.78, 5) is 10.2. The van der Waals surface area contributed by atoms with E-state index in [1.807, 2.05) is 0 Å². The zero-order valence-electron chi connectivity index (χ0n) is 14.7. The Kier molecular flexibility index (Phi) is 6.87. The fourth-order valence-electron chi connectivity index (χ4n) is 3.20. The summed E-state index contributed by atoms with van der Waals surface area (Å²) in [6.07, 6.45) is 1.64. The van der Waals surface area contributed by atoms with E-state index in [-0.39, 0.29) is 43.7 Å². The number of ether oxygens (including phenoxy) is 3. The minimum absolute atomic E-state index is 0. The lowest BCUT2D eigenvalue weighted by molar-refractivity contribution is -0.388. The number of rotatable bonds is 7. The first-order chi connectivity index (χ1) is 12.4. The Hall–Kier alpha value is -1.66. The van der Waals surface area contributed by atoms with E-state index < -0.39 is 31.1 Å². The molecule has 0 aromatic heterocycles. The van der Waals surface area contributed by atoms with Gasteiger partial charge in [-0.1, -0.05) is 0 Å².